The molecule has 6 heteroatoms. The number of carbonyl (C=O) groups excluding carboxylic acids is 1. The highest BCUT2D eigenvalue weighted by molar-refractivity contribution is 8.00. The molecule has 1 aliphatic carbocycles. The minimum absolute atomic E-state index is 0.0639. The van der Waals surface area contributed by atoms with Crippen LogP contribution in [0.3, 0.4) is 0 Å². The lowest BCUT2D eigenvalue weighted by molar-refractivity contribution is -0.116. The van der Waals surface area contributed by atoms with E-state index in [-0.39, 0.29) is 18.1 Å². The first-order chi connectivity index (χ1) is 14.2. The first-order valence-corrected chi connectivity index (χ1v) is 10.8. The zero-order valence-corrected chi connectivity index (χ0v) is 16.9. The molecule has 0 atom stereocenters. The highest BCUT2D eigenvalue weighted by Crippen LogP contribution is 2.38. The van der Waals surface area contributed by atoms with Crippen molar-refractivity contribution < 1.29 is 13.6 Å². The van der Waals surface area contributed by atoms with Crippen LogP contribution in [0.5, 0.6) is 0 Å². The third kappa shape index (κ3) is 5.26. The number of aryl methyl sites for hydroxylation is 1. The van der Waals surface area contributed by atoms with Gasteiger partial charge in [-0.25, -0.2) is 9.37 Å². The molecular weight excluding hydrogens is 387 g/mol. The molecule has 1 amide bonds. The summed E-state index contributed by atoms with van der Waals surface area (Å²) in [4.78, 5) is 17.8. The van der Waals surface area contributed by atoms with Crippen molar-refractivity contribution in [1.29, 1.82) is 0 Å². The number of benzene rings is 2. The van der Waals surface area contributed by atoms with Crippen LogP contribution in [0.2, 0.25) is 0 Å². The van der Waals surface area contributed by atoms with E-state index in [1.807, 2.05) is 30.0 Å². The number of rotatable bonds is 7. The van der Waals surface area contributed by atoms with E-state index in [1.165, 1.54) is 37.8 Å². The third-order valence-electron chi connectivity index (χ3n) is 5.01. The molecule has 29 heavy (non-hydrogen) atoms. The Morgan fingerprint density at radius 3 is 2.69 bits per heavy atom. The Bertz CT molecular complexity index is 965. The number of aromatic nitrogens is 1. The Morgan fingerprint density at radius 1 is 1.14 bits per heavy atom. The Hall–Kier alpha value is -2.60. The van der Waals surface area contributed by atoms with E-state index in [1.54, 1.807) is 18.3 Å². The van der Waals surface area contributed by atoms with Gasteiger partial charge in [-0.15, -0.1) is 11.8 Å². The van der Waals surface area contributed by atoms with Gasteiger partial charge in [0.05, 0.1) is 11.9 Å². The molecule has 1 aliphatic rings. The standard InChI is InChI=1S/C23H23FN2O2S/c24-17-11-9-16(10-12-17)20-15-25-23(28-20)14-13-22(27)26-19-7-3-4-8-21(19)29-18-5-1-2-6-18/h3-4,7-12,15,18H,1-2,5-6,13-14H2,(H,26,27). The van der Waals surface area contributed by atoms with Crippen LogP contribution in [-0.4, -0.2) is 16.1 Å². The molecule has 4 nitrogen and oxygen atoms in total. The summed E-state index contributed by atoms with van der Waals surface area (Å²) >= 11 is 1.86. The average Bonchev–Trinajstić information content (AvgIpc) is 3.41. The van der Waals surface area contributed by atoms with Crippen molar-refractivity contribution >= 4 is 23.4 Å². The lowest BCUT2D eigenvalue weighted by Gasteiger charge is -2.14. The van der Waals surface area contributed by atoms with Crippen molar-refractivity contribution in [3.8, 4) is 11.3 Å². The largest absolute Gasteiger partial charge is 0.441 e. The Morgan fingerprint density at radius 2 is 1.90 bits per heavy atom. The monoisotopic (exact) mass is 410 g/mol. The minimum Gasteiger partial charge on any atom is -0.441 e. The van der Waals surface area contributed by atoms with Gasteiger partial charge in [-0.05, 0) is 49.2 Å². The number of nitrogens with one attached hydrogen (secondary N) is 1. The number of para-hydroxylation sites is 1. The highest BCUT2D eigenvalue weighted by Gasteiger charge is 2.18. The van der Waals surface area contributed by atoms with Crippen molar-refractivity contribution in [2.75, 3.05) is 5.32 Å². The molecule has 1 heterocycles. The summed E-state index contributed by atoms with van der Waals surface area (Å²) in [6, 6.07) is 14.0. The van der Waals surface area contributed by atoms with Crippen LogP contribution in [0.4, 0.5) is 10.1 Å². The molecular formula is C23H23FN2O2S. The highest BCUT2D eigenvalue weighted by atomic mass is 32.2. The van der Waals surface area contributed by atoms with Crippen LogP contribution >= 0.6 is 11.8 Å². The van der Waals surface area contributed by atoms with E-state index < -0.39 is 0 Å². The summed E-state index contributed by atoms with van der Waals surface area (Å²) in [6.45, 7) is 0. The van der Waals surface area contributed by atoms with E-state index in [9.17, 15) is 9.18 Å². The molecule has 0 unspecified atom stereocenters. The first kappa shape index (κ1) is 19.7. The number of amides is 1. The van der Waals surface area contributed by atoms with E-state index >= 15 is 0 Å². The fourth-order valence-electron chi connectivity index (χ4n) is 3.47. The molecule has 3 aromatic rings. The molecule has 0 saturated heterocycles. The Labute approximate surface area is 173 Å². The van der Waals surface area contributed by atoms with Gasteiger partial charge < -0.3 is 9.73 Å². The average molecular weight is 411 g/mol. The number of anilines is 1. The van der Waals surface area contributed by atoms with Crippen molar-refractivity contribution in [2.24, 2.45) is 0 Å². The van der Waals surface area contributed by atoms with Crippen molar-refractivity contribution in [3.05, 3.63) is 66.4 Å². The molecule has 1 N–H and O–H groups in total. The third-order valence-corrected chi connectivity index (χ3v) is 6.42. The molecule has 0 spiro atoms. The van der Waals surface area contributed by atoms with Gasteiger partial charge in [0, 0.05) is 28.6 Å². The van der Waals surface area contributed by atoms with Crippen molar-refractivity contribution in [2.45, 2.75) is 48.7 Å². The van der Waals surface area contributed by atoms with Gasteiger partial charge in [0.15, 0.2) is 11.7 Å². The lowest BCUT2D eigenvalue weighted by Crippen LogP contribution is -2.13. The van der Waals surface area contributed by atoms with E-state index in [0.29, 0.717) is 23.3 Å². The van der Waals surface area contributed by atoms with Crippen LogP contribution in [0.15, 0.2) is 64.0 Å². The van der Waals surface area contributed by atoms with Gasteiger partial charge in [-0.1, -0.05) is 25.0 Å². The quantitative estimate of drug-likeness (QED) is 0.512. The van der Waals surface area contributed by atoms with Gasteiger partial charge >= 0.3 is 0 Å². The maximum atomic E-state index is 13.0. The normalized spacial score (nSPS) is 14.2. The van der Waals surface area contributed by atoms with Crippen LogP contribution < -0.4 is 5.32 Å². The number of hydrogen-bond donors (Lipinski definition) is 1. The van der Waals surface area contributed by atoms with Gasteiger partial charge in [0.2, 0.25) is 5.91 Å². The van der Waals surface area contributed by atoms with Crippen LogP contribution in [-0.2, 0) is 11.2 Å². The van der Waals surface area contributed by atoms with Crippen LogP contribution in [0.1, 0.15) is 38.0 Å². The van der Waals surface area contributed by atoms with Gasteiger partial charge in [0.1, 0.15) is 5.82 Å². The van der Waals surface area contributed by atoms with Gasteiger partial charge in [0.25, 0.3) is 0 Å². The fraction of sp³-hybridized carbons (Fsp3) is 0.304. The topological polar surface area (TPSA) is 55.1 Å². The maximum absolute atomic E-state index is 13.0. The SMILES string of the molecule is O=C(CCc1ncc(-c2ccc(F)cc2)o1)Nc1ccccc1SC1CCCC1. The molecule has 1 aromatic heterocycles. The van der Waals surface area contributed by atoms with Crippen molar-refractivity contribution in [1.82, 2.24) is 4.98 Å². The van der Waals surface area contributed by atoms with Gasteiger partial charge in [-0.3, -0.25) is 4.79 Å². The summed E-state index contributed by atoms with van der Waals surface area (Å²) in [5.74, 6) is 0.703. The summed E-state index contributed by atoms with van der Waals surface area (Å²) < 4.78 is 18.8. The smallest absolute Gasteiger partial charge is 0.224 e. The number of hydrogen-bond acceptors (Lipinski definition) is 4. The fourth-order valence-corrected chi connectivity index (χ4v) is 4.80. The molecule has 1 saturated carbocycles. The predicted molar refractivity (Wildman–Crippen MR) is 113 cm³/mol. The molecule has 0 bridgehead atoms. The first-order valence-electron chi connectivity index (χ1n) is 9.93. The van der Waals surface area contributed by atoms with E-state index in [4.69, 9.17) is 4.42 Å². The summed E-state index contributed by atoms with van der Waals surface area (Å²) in [5, 5.41) is 3.67. The molecule has 150 valence electrons. The van der Waals surface area contributed by atoms with E-state index in [2.05, 4.69) is 16.4 Å². The second-order valence-electron chi connectivity index (χ2n) is 7.19. The van der Waals surface area contributed by atoms with Crippen LogP contribution in [0, 0.1) is 5.82 Å². The zero-order valence-electron chi connectivity index (χ0n) is 16.1. The summed E-state index contributed by atoms with van der Waals surface area (Å²) in [7, 11) is 0. The molecule has 0 radical (unpaired) electrons. The molecule has 1 fully saturated rings. The van der Waals surface area contributed by atoms with E-state index in [0.717, 1.165) is 16.1 Å². The molecule has 4 rings (SSSR count). The number of thioether (sulfide) groups is 1. The second-order valence-corrected chi connectivity index (χ2v) is 8.54. The van der Waals surface area contributed by atoms with Crippen LogP contribution in [0.25, 0.3) is 11.3 Å². The Balaban J connectivity index is 1.33. The number of halogens is 1. The predicted octanol–water partition coefficient (Wildman–Crippen LogP) is 6.09. The number of nitrogens with zero attached hydrogens (tertiary/aromatic N) is 1. The number of oxazole rings is 1. The zero-order chi connectivity index (χ0) is 20.1. The minimum atomic E-state index is -0.295. The second kappa shape index (κ2) is 9.27. The molecule has 0 aliphatic heterocycles. The Kier molecular flexibility index (Phi) is 6.30. The summed E-state index contributed by atoms with van der Waals surface area (Å²) in [5.41, 5.74) is 1.63. The molecule has 2 aromatic carbocycles. The maximum Gasteiger partial charge on any atom is 0.224 e. The van der Waals surface area contributed by atoms with Gasteiger partial charge in [-0.2, -0.15) is 0 Å². The van der Waals surface area contributed by atoms with Crippen molar-refractivity contribution in [3.63, 3.8) is 0 Å². The lowest BCUT2D eigenvalue weighted by atomic mass is 10.2. The number of carbonyl (C=O) groups is 1. The summed E-state index contributed by atoms with van der Waals surface area (Å²) in [6.07, 6.45) is 7.37.